The minimum absolute atomic E-state index is 0.295. The van der Waals surface area contributed by atoms with Crippen LogP contribution in [0.3, 0.4) is 0 Å². The van der Waals surface area contributed by atoms with Gasteiger partial charge in [-0.3, -0.25) is 4.98 Å². The molecule has 0 saturated heterocycles. The first-order valence-electron chi connectivity index (χ1n) is 7.27. The lowest BCUT2D eigenvalue weighted by Gasteiger charge is -2.19. The van der Waals surface area contributed by atoms with E-state index >= 15 is 0 Å². The molecule has 2 aromatic rings. The summed E-state index contributed by atoms with van der Waals surface area (Å²) in [5.74, 6) is 0.981. The highest BCUT2D eigenvalue weighted by Gasteiger charge is 2.26. The molecule has 2 atom stereocenters. The van der Waals surface area contributed by atoms with E-state index in [9.17, 15) is 5.11 Å². The molecule has 0 spiro atoms. The highest BCUT2D eigenvalue weighted by Crippen LogP contribution is 2.33. The fraction of sp³-hybridized carbons (Fsp3) is 0.438. The monoisotopic (exact) mass is 271 g/mol. The SMILES string of the molecule is Nc1c(NCC2CCCC2CO)ccc2ncccc12. The zero-order chi connectivity index (χ0) is 13.9. The van der Waals surface area contributed by atoms with Gasteiger partial charge in [0.25, 0.3) is 0 Å². The maximum Gasteiger partial charge on any atom is 0.0724 e. The number of fused-ring (bicyclic) bond motifs is 1. The number of nitrogens with two attached hydrogens (primary N) is 1. The first-order valence-corrected chi connectivity index (χ1v) is 7.27. The summed E-state index contributed by atoms with van der Waals surface area (Å²) < 4.78 is 0. The summed E-state index contributed by atoms with van der Waals surface area (Å²) in [6.45, 7) is 1.17. The minimum atomic E-state index is 0.295. The Morgan fingerprint density at radius 2 is 2.10 bits per heavy atom. The molecule has 4 nitrogen and oxygen atoms in total. The molecule has 4 heteroatoms. The van der Waals surface area contributed by atoms with Crippen LogP contribution in [-0.4, -0.2) is 23.2 Å². The number of pyridine rings is 1. The van der Waals surface area contributed by atoms with Crippen LogP contribution in [0.4, 0.5) is 11.4 Å². The van der Waals surface area contributed by atoms with Gasteiger partial charge in [-0.1, -0.05) is 6.42 Å². The standard InChI is InChI=1S/C16H21N3O/c17-16-13-5-2-8-18-14(13)6-7-15(16)19-9-11-3-1-4-12(11)10-20/h2,5-8,11-12,19-20H,1,3-4,9-10,17H2. The van der Waals surface area contributed by atoms with Crippen LogP contribution in [0, 0.1) is 11.8 Å². The number of benzene rings is 1. The van der Waals surface area contributed by atoms with E-state index < -0.39 is 0 Å². The zero-order valence-electron chi connectivity index (χ0n) is 11.5. The number of aliphatic hydroxyl groups excluding tert-OH is 1. The first kappa shape index (κ1) is 13.2. The second-order valence-electron chi connectivity index (χ2n) is 5.61. The number of nitrogens with one attached hydrogen (secondary N) is 1. The first-order chi connectivity index (χ1) is 9.79. The Hall–Kier alpha value is -1.81. The Kier molecular flexibility index (Phi) is 3.74. The van der Waals surface area contributed by atoms with Crippen molar-refractivity contribution in [2.75, 3.05) is 24.2 Å². The van der Waals surface area contributed by atoms with E-state index in [-0.39, 0.29) is 0 Å². The van der Waals surface area contributed by atoms with Crippen LogP contribution in [0.2, 0.25) is 0 Å². The van der Waals surface area contributed by atoms with Gasteiger partial charge in [-0.15, -0.1) is 0 Å². The highest BCUT2D eigenvalue weighted by molar-refractivity contribution is 5.96. The van der Waals surface area contributed by atoms with Crippen molar-refractivity contribution in [3.63, 3.8) is 0 Å². The van der Waals surface area contributed by atoms with Crippen molar-refractivity contribution in [3.8, 4) is 0 Å². The largest absolute Gasteiger partial charge is 0.397 e. The molecule has 3 rings (SSSR count). The van der Waals surface area contributed by atoms with E-state index in [2.05, 4.69) is 10.3 Å². The Morgan fingerprint density at radius 3 is 2.95 bits per heavy atom. The van der Waals surface area contributed by atoms with Crippen molar-refractivity contribution < 1.29 is 5.11 Å². The molecule has 0 amide bonds. The van der Waals surface area contributed by atoms with Crippen LogP contribution in [0.25, 0.3) is 10.9 Å². The Morgan fingerprint density at radius 1 is 1.25 bits per heavy atom. The molecule has 0 aliphatic heterocycles. The molecule has 1 aromatic heterocycles. The van der Waals surface area contributed by atoms with Gasteiger partial charge < -0.3 is 16.2 Å². The molecule has 1 fully saturated rings. The van der Waals surface area contributed by atoms with Crippen LogP contribution in [0.1, 0.15) is 19.3 Å². The number of anilines is 2. The van der Waals surface area contributed by atoms with Gasteiger partial charge in [0, 0.05) is 24.7 Å². The fourth-order valence-corrected chi connectivity index (χ4v) is 3.19. The van der Waals surface area contributed by atoms with E-state index in [1.165, 1.54) is 12.8 Å². The molecule has 1 heterocycles. The Labute approximate surface area is 119 Å². The highest BCUT2D eigenvalue weighted by atomic mass is 16.3. The Bertz CT molecular complexity index is 599. The summed E-state index contributed by atoms with van der Waals surface area (Å²) in [6.07, 6.45) is 5.32. The quantitative estimate of drug-likeness (QED) is 0.748. The van der Waals surface area contributed by atoms with Gasteiger partial charge in [0.2, 0.25) is 0 Å². The maximum atomic E-state index is 9.37. The van der Waals surface area contributed by atoms with Crippen LogP contribution >= 0.6 is 0 Å². The molecule has 1 aliphatic rings. The van der Waals surface area contributed by atoms with Crippen molar-refractivity contribution >= 4 is 22.3 Å². The molecular formula is C16H21N3O. The smallest absolute Gasteiger partial charge is 0.0724 e. The Balaban J connectivity index is 1.76. The molecular weight excluding hydrogens is 250 g/mol. The number of aromatic nitrogens is 1. The van der Waals surface area contributed by atoms with Gasteiger partial charge in [-0.25, -0.2) is 0 Å². The molecule has 1 aliphatic carbocycles. The van der Waals surface area contributed by atoms with Gasteiger partial charge in [0.15, 0.2) is 0 Å². The molecule has 4 N–H and O–H groups in total. The van der Waals surface area contributed by atoms with Gasteiger partial charge in [0.05, 0.1) is 16.9 Å². The lowest BCUT2D eigenvalue weighted by molar-refractivity contribution is 0.199. The molecule has 0 bridgehead atoms. The van der Waals surface area contributed by atoms with E-state index in [1.54, 1.807) is 6.20 Å². The van der Waals surface area contributed by atoms with Gasteiger partial charge in [-0.2, -0.15) is 0 Å². The maximum absolute atomic E-state index is 9.37. The number of hydrogen-bond acceptors (Lipinski definition) is 4. The lowest BCUT2D eigenvalue weighted by Crippen LogP contribution is -2.21. The average Bonchev–Trinajstić information content (AvgIpc) is 2.94. The van der Waals surface area contributed by atoms with Crippen LogP contribution < -0.4 is 11.1 Å². The van der Waals surface area contributed by atoms with Gasteiger partial charge in [0.1, 0.15) is 0 Å². The third kappa shape index (κ3) is 2.43. The van der Waals surface area contributed by atoms with E-state index in [4.69, 9.17) is 5.73 Å². The third-order valence-electron chi connectivity index (χ3n) is 4.43. The predicted octanol–water partition coefficient (Wildman–Crippen LogP) is 2.64. The number of nitrogen functional groups attached to an aromatic ring is 1. The van der Waals surface area contributed by atoms with E-state index in [1.807, 2.05) is 24.3 Å². The summed E-state index contributed by atoms with van der Waals surface area (Å²) >= 11 is 0. The summed E-state index contributed by atoms with van der Waals surface area (Å²) in [6, 6.07) is 7.88. The van der Waals surface area contributed by atoms with Crippen LogP contribution in [0.15, 0.2) is 30.5 Å². The van der Waals surface area contributed by atoms with Crippen LogP contribution in [-0.2, 0) is 0 Å². The summed E-state index contributed by atoms with van der Waals surface area (Å²) in [7, 11) is 0. The normalized spacial score (nSPS) is 22.2. The van der Waals surface area contributed by atoms with Crippen molar-refractivity contribution in [2.24, 2.45) is 11.8 Å². The van der Waals surface area contributed by atoms with Crippen molar-refractivity contribution in [2.45, 2.75) is 19.3 Å². The summed E-state index contributed by atoms with van der Waals surface area (Å²) in [4.78, 5) is 4.31. The number of nitrogens with zero attached hydrogens (tertiary/aromatic N) is 1. The van der Waals surface area contributed by atoms with Crippen molar-refractivity contribution in [3.05, 3.63) is 30.5 Å². The second-order valence-corrected chi connectivity index (χ2v) is 5.61. The van der Waals surface area contributed by atoms with Crippen LogP contribution in [0.5, 0.6) is 0 Å². The minimum Gasteiger partial charge on any atom is -0.397 e. The summed E-state index contributed by atoms with van der Waals surface area (Å²) in [5.41, 5.74) is 8.87. The van der Waals surface area contributed by atoms with Gasteiger partial charge in [-0.05, 0) is 48.9 Å². The molecule has 106 valence electrons. The lowest BCUT2D eigenvalue weighted by atomic mass is 9.97. The summed E-state index contributed by atoms with van der Waals surface area (Å²) in [5, 5.41) is 13.8. The molecule has 1 aromatic carbocycles. The number of hydrogen-bond donors (Lipinski definition) is 3. The molecule has 20 heavy (non-hydrogen) atoms. The van der Waals surface area contributed by atoms with Crippen molar-refractivity contribution in [1.29, 1.82) is 0 Å². The predicted molar refractivity (Wildman–Crippen MR) is 82.6 cm³/mol. The fourth-order valence-electron chi connectivity index (χ4n) is 3.19. The third-order valence-corrected chi connectivity index (χ3v) is 4.43. The van der Waals surface area contributed by atoms with Gasteiger partial charge >= 0.3 is 0 Å². The average molecular weight is 271 g/mol. The number of rotatable bonds is 4. The van der Waals surface area contributed by atoms with E-state index in [0.717, 1.165) is 35.2 Å². The topological polar surface area (TPSA) is 71.2 Å². The second kappa shape index (κ2) is 5.67. The molecule has 0 radical (unpaired) electrons. The van der Waals surface area contributed by atoms with E-state index in [0.29, 0.717) is 18.4 Å². The van der Waals surface area contributed by atoms with Crippen molar-refractivity contribution in [1.82, 2.24) is 4.98 Å². The molecule has 1 saturated carbocycles. The molecule has 2 unspecified atom stereocenters. The number of aliphatic hydroxyl groups is 1. The zero-order valence-corrected chi connectivity index (χ0v) is 11.5.